The summed E-state index contributed by atoms with van der Waals surface area (Å²) in [6.45, 7) is 10.4. The van der Waals surface area contributed by atoms with E-state index >= 15 is 0 Å². The number of esters is 1. The lowest BCUT2D eigenvalue weighted by Crippen LogP contribution is -2.31. The zero-order valence-corrected chi connectivity index (χ0v) is 13.5. The molecule has 0 saturated carbocycles. The molecule has 0 radical (unpaired) electrons. The van der Waals surface area contributed by atoms with E-state index in [2.05, 4.69) is 5.32 Å². The number of rotatable bonds is 3. The van der Waals surface area contributed by atoms with E-state index in [1.165, 1.54) is 23.8 Å². The van der Waals surface area contributed by atoms with E-state index in [0.29, 0.717) is 0 Å². The Bertz CT molecular complexity index is 547. The Balaban J connectivity index is 0. The van der Waals surface area contributed by atoms with Gasteiger partial charge < -0.3 is 14.6 Å². The molecule has 0 fully saturated rings. The van der Waals surface area contributed by atoms with Crippen molar-refractivity contribution in [2.45, 2.75) is 53.7 Å². The third-order valence-electron chi connectivity index (χ3n) is 2.05. The average molecular weight is 298 g/mol. The van der Waals surface area contributed by atoms with Crippen molar-refractivity contribution >= 4 is 17.6 Å². The van der Waals surface area contributed by atoms with Crippen molar-refractivity contribution in [3.05, 3.63) is 28.7 Å². The number of hydrogen-bond acceptors (Lipinski definition) is 4. The second-order valence-corrected chi connectivity index (χ2v) is 5.12. The largest absolute Gasteiger partial charge is 0.459 e. The van der Waals surface area contributed by atoms with E-state index in [4.69, 9.17) is 4.74 Å². The SMILES string of the molecule is CC.CC(=O)Nc1cccn(CC(=O)OC(C)(C)C)c1=O.[HH]. The van der Waals surface area contributed by atoms with Crippen LogP contribution in [0.3, 0.4) is 0 Å². The zero-order valence-electron chi connectivity index (χ0n) is 13.5. The predicted octanol–water partition coefficient (Wildman–Crippen LogP) is 2.42. The maximum absolute atomic E-state index is 11.9. The quantitative estimate of drug-likeness (QED) is 0.869. The fourth-order valence-corrected chi connectivity index (χ4v) is 1.46. The molecule has 120 valence electrons. The highest BCUT2D eigenvalue weighted by molar-refractivity contribution is 5.88. The first-order chi connectivity index (χ1) is 9.69. The number of aromatic nitrogens is 1. The van der Waals surface area contributed by atoms with Crippen molar-refractivity contribution < 1.29 is 15.8 Å². The molecule has 1 rings (SSSR count). The summed E-state index contributed by atoms with van der Waals surface area (Å²) in [4.78, 5) is 34.5. The molecule has 0 bridgehead atoms. The topological polar surface area (TPSA) is 77.4 Å². The molecule has 0 aliphatic heterocycles. The lowest BCUT2D eigenvalue weighted by molar-refractivity contribution is -0.155. The summed E-state index contributed by atoms with van der Waals surface area (Å²) in [6, 6.07) is 3.06. The van der Waals surface area contributed by atoms with Crippen molar-refractivity contribution in [1.29, 1.82) is 0 Å². The molecule has 1 amide bonds. The number of carbonyl (C=O) groups excluding carboxylic acids is 2. The van der Waals surface area contributed by atoms with Gasteiger partial charge in [0.1, 0.15) is 17.8 Å². The Morgan fingerprint density at radius 2 is 1.90 bits per heavy atom. The first-order valence-electron chi connectivity index (χ1n) is 6.88. The van der Waals surface area contributed by atoms with Crippen molar-refractivity contribution in [3.8, 4) is 0 Å². The molecule has 0 unspecified atom stereocenters. The Morgan fingerprint density at radius 3 is 2.38 bits per heavy atom. The van der Waals surface area contributed by atoms with Gasteiger partial charge in [0.05, 0.1) is 0 Å². The average Bonchev–Trinajstić information content (AvgIpc) is 2.34. The number of anilines is 1. The highest BCUT2D eigenvalue weighted by Gasteiger charge is 2.17. The van der Waals surface area contributed by atoms with Crippen molar-refractivity contribution in [1.82, 2.24) is 4.57 Å². The molecule has 0 saturated heterocycles. The molecule has 0 aromatic carbocycles. The van der Waals surface area contributed by atoms with Crippen LogP contribution in [-0.4, -0.2) is 22.0 Å². The van der Waals surface area contributed by atoms with E-state index in [0.717, 1.165) is 0 Å². The van der Waals surface area contributed by atoms with Gasteiger partial charge in [0.15, 0.2) is 0 Å². The minimum Gasteiger partial charge on any atom is -0.459 e. The Labute approximate surface area is 126 Å². The third-order valence-corrected chi connectivity index (χ3v) is 2.05. The van der Waals surface area contributed by atoms with E-state index in [-0.39, 0.29) is 19.6 Å². The molecule has 0 aliphatic carbocycles. The van der Waals surface area contributed by atoms with E-state index in [1.54, 1.807) is 26.8 Å². The molecule has 1 aromatic rings. The van der Waals surface area contributed by atoms with Gasteiger partial charge >= 0.3 is 5.97 Å². The molecule has 1 heterocycles. The second-order valence-electron chi connectivity index (χ2n) is 5.12. The minimum absolute atomic E-state index is 0. The molecule has 21 heavy (non-hydrogen) atoms. The number of nitrogens with one attached hydrogen (secondary N) is 1. The van der Waals surface area contributed by atoms with Crippen molar-refractivity contribution in [2.75, 3.05) is 5.32 Å². The van der Waals surface area contributed by atoms with E-state index < -0.39 is 17.1 Å². The molecule has 0 aliphatic rings. The third kappa shape index (κ3) is 7.29. The van der Waals surface area contributed by atoms with Crippen LogP contribution in [0.25, 0.3) is 0 Å². The number of amides is 1. The second kappa shape index (κ2) is 8.24. The Hall–Kier alpha value is -2.11. The molecule has 0 atom stereocenters. The molecule has 6 heteroatoms. The number of nitrogens with zero attached hydrogens (tertiary/aromatic N) is 1. The summed E-state index contributed by atoms with van der Waals surface area (Å²) < 4.78 is 6.33. The van der Waals surface area contributed by atoms with Crippen LogP contribution >= 0.6 is 0 Å². The van der Waals surface area contributed by atoms with Gasteiger partial charge in [0.2, 0.25) is 5.91 Å². The van der Waals surface area contributed by atoms with Gasteiger partial charge in [-0.1, -0.05) is 13.8 Å². The summed E-state index contributed by atoms with van der Waals surface area (Å²) in [6.07, 6.45) is 1.47. The summed E-state index contributed by atoms with van der Waals surface area (Å²) in [5.41, 5.74) is -0.905. The minimum atomic E-state index is -0.601. The normalized spacial score (nSPS) is 10.2. The van der Waals surface area contributed by atoms with Gasteiger partial charge in [-0.05, 0) is 32.9 Å². The molecule has 1 N–H and O–H groups in total. The molecular weight excluding hydrogens is 272 g/mol. The zero-order chi connectivity index (χ0) is 16.6. The first kappa shape index (κ1) is 18.9. The fraction of sp³-hybridized carbons (Fsp3) is 0.533. The van der Waals surface area contributed by atoms with Gasteiger partial charge in [-0.25, -0.2) is 0 Å². The molecule has 6 nitrogen and oxygen atoms in total. The number of hydrogen-bond donors (Lipinski definition) is 1. The first-order valence-corrected chi connectivity index (χ1v) is 6.88. The Morgan fingerprint density at radius 1 is 1.33 bits per heavy atom. The lowest BCUT2D eigenvalue weighted by atomic mass is 10.2. The van der Waals surface area contributed by atoms with Crippen LogP contribution in [0.2, 0.25) is 0 Å². The highest BCUT2D eigenvalue weighted by atomic mass is 16.6. The molecular formula is C15H26N2O4. The summed E-state index contributed by atoms with van der Waals surface area (Å²) >= 11 is 0. The summed E-state index contributed by atoms with van der Waals surface area (Å²) in [7, 11) is 0. The maximum Gasteiger partial charge on any atom is 0.326 e. The monoisotopic (exact) mass is 298 g/mol. The number of ether oxygens (including phenoxy) is 1. The molecule has 1 aromatic heterocycles. The standard InChI is InChI=1S/C13H18N2O4.C2H6.H2/c1-9(16)14-10-6-5-7-15(12(10)18)8-11(17)19-13(2,3)4;1-2;/h5-7H,8H2,1-4H3,(H,14,16);1-2H3;1H. The van der Waals surface area contributed by atoms with E-state index in [9.17, 15) is 14.4 Å². The van der Waals surface area contributed by atoms with Crippen LogP contribution in [0.15, 0.2) is 23.1 Å². The van der Waals surface area contributed by atoms with Crippen LogP contribution in [0.5, 0.6) is 0 Å². The van der Waals surface area contributed by atoms with Gasteiger partial charge in [-0.15, -0.1) is 0 Å². The highest BCUT2D eigenvalue weighted by Crippen LogP contribution is 2.07. The summed E-state index contributed by atoms with van der Waals surface area (Å²) in [5, 5.41) is 2.41. The van der Waals surface area contributed by atoms with Crippen LogP contribution in [0.1, 0.15) is 43.0 Å². The van der Waals surface area contributed by atoms with Gasteiger partial charge in [0, 0.05) is 14.5 Å². The van der Waals surface area contributed by atoms with Gasteiger partial charge in [0.25, 0.3) is 5.56 Å². The predicted molar refractivity (Wildman–Crippen MR) is 84.3 cm³/mol. The molecule has 0 spiro atoms. The van der Waals surface area contributed by atoms with Crippen LogP contribution in [0, 0.1) is 0 Å². The smallest absolute Gasteiger partial charge is 0.326 e. The van der Waals surface area contributed by atoms with E-state index in [1.807, 2.05) is 13.8 Å². The summed E-state index contributed by atoms with van der Waals surface area (Å²) in [5.74, 6) is -0.846. The van der Waals surface area contributed by atoms with Crippen molar-refractivity contribution in [3.63, 3.8) is 0 Å². The lowest BCUT2D eigenvalue weighted by Gasteiger charge is -2.19. The van der Waals surface area contributed by atoms with Crippen LogP contribution in [0.4, 0.5) is 5.69 Å². The fourth-order valence-electron chi connectivity index (χ4n) is 1.46. The van der Waals surface area contributed by atoms with Crippen molar-refractivity contribution in [2.24, 2.45) is 0 Å². The van der Waals surface area contributed by atoms with Gasteiger partial charge in [-0.2, -0.15) is 0 Å². The van der Waals surface area contributed by atoms with Crippen LogP contribution in [-0.2, 0) is 20.9 Å². The van der Waals surface area contributed by atoms with Crippen LogP contribution < -0.4 is 10.9 Å². The number of carbonyl (C=O) groups is 2. The van der Waals surface area contributed by atoms with Gasteiger partial charge in [-0.3, -0.25) is 14.4 Å². The Kier molecular flexibility index (Phi) is 7.41. The number of pyridine rings is 1. The maximum atomic E-state index is 11.9.